The summed E-state index contributed by atoms with van der Waals surface area (Å²) in [5, 5.41) is 27.7. The molecule has 6 nitrogen and oxygen atoms in total. The van der Waals surface area contributed by atoms with E-state index in [9.17, 15) is 0 Å². The largest absolute Gasteiger partial charge is 0.396 e. The second-order valence-corrected chi connectivity index (χ2v) is 5.70. The summed E-state index contributed by atoms with van der Waals surface area (Å²) < 4.78 is 1.82. The summed E-state index contributed by atoms with van der Waals surface area (Å²) in [5.74, 6) is 0. The van der Waals surface area contributed by atoms with Crippen LogP contribution >= 0.6 is 0 Å². The van der Waals surface area contributed by atoms with Crippen molar-refractivity contribution in [3.8, 4) is 6.07 Å². The van der Waals surface area contributed by atoms with Crippen molar-refractivity contribution >= 4 is 5.69 Å². The van der Waals surface area contributed by atoms with E-state index in [1.165, 1.54) is 5.56 Å². The Morgan fingerprint density at radius 2 is 1.60 bits per heavy atom. The molecule has 1 N–H and O–H groups in total. The highest BCUT2D eigenvalue weighted by atomic mass is 16.2. The number of rotatable bonds is 7. The van der Waals surface area contributed by atoms with Crippen LogP contribution in [0.15, 0.2) is 61.2 Å². The quantitative estimate of drug-likeness (QED) is 0.719. The number of hydrogen-bond acceptors (Lipinski definition) is 5. The minimum absolute atomic E-state index is 0.210. The summed E-state index contributed by atoms with van der Waals surface area (Å²) in [6, 6.07) is 17.9. The van der Waals surface area contributed by atoms with Crippen LogP contribution in [0.2, 0.25) is 0 Å². The van der Waals surface area contributed by atoms with E-state index in [1.54, 1.807) is 24.8 Å². The molecule has 0 saturated carbocycles. The number of benzene rings is 2. The molecule has 25 heavy (non-hydrogen) atoms. The Morgan fingerprint density at radius 3 is 2.20 bits per heavy atom. The van der Waals surface area contributed by atoms with Crippen molar-refractivity contribution in [2.75, 3.05) is 11.6 Å². The molecule has 3 rings (SSSR count). The van der Waals surface area contributed by atoms with E-state index in [0.29, 0.717) is 12.1 Å². The van der Waals surface area contributed by atoms with Gasteiger partial charge in [-0.1, -0.05) is 24.3 Å². The van der Waals surface area contributed by atoms with Crippen LogP contribution in [0.1, 0.15) is 23.1 Å². The molecule has 0 amide bonds. The zero-order valence-corrected chi connectivity index (χ0v) is 13.8. The monoisotopic (exact) mass is 333 g/mol. The Morgan fingerprint density at radius 1 is 0.960 bits per heavy atom. The van der Waals surface area contributed by atoms with Gasteiger partial charge in [0.15, 0.2) is 0 Å². The van der Waals surface area contributed by atoms with E-state index in [0.717, 1.165) is 24.1 Å². The third-order valence-corrected chi connectivity index (χ3v) is 3.96. The highest BCUT2D eigenvalue weighted by Crippen LogP contribution is 2.19. The molecule has 1 aromatic heterocycles. The van der Waals surface area contributed by atoms with Gasteiger partial charge in [-0.25, -0.2) is 4.68 Å². The van der Waals surface area contributed by atoms with E-state index in [1.807, 2.05) is 21.8 Å². The standard InChI is InChI=1S/C19H19N5O/c20-12-17-7-9-19(10-8-17)24(23-14-21-22-15-23)13-18-5-3-16(4-6-18)2-1-11-25/h3-10,14-15,25H,1-2,11,13H2. The Balaban J connectivity index is 1.82. The van der Waals surface area contributed by atoms with E-state index in [2.05, 4.69) is 40.5 Å². The topological polar surface area (TPSA) is 78.0 Å². The summed E-state index contributed by atoms with van der Waals surface area (Å²) in [7, 11) is 0. The number of aliphatic hydroxyl groups excluding tert-OH is 1. The number of aryl methyl sites for hydroxylation is 1. The minimum atomic E-state index is 0.210. The Bertz CT molecular complexity index is 820. The average Bonchev–Trinajstić information content (AvgIpc) is 3.20. The molecule has 0 aliphatic rings. The molecule has 0 aliphatic carbocycles. The van der Waals surface area contributed by atoms with Crippen LogP contribution in [0.5, 0.6) is 0 Å². The molecule has 0 fully saturated rings. The first-order chi connectivity index (χ1) is 12.3. The van der Waals surface area contributed by atoms with Crippen LogP contribution in [-0.2, 0) is 13.0 Å². The van der Waals surface area contributed by atoms with Gasteiger partial charge in [0.25, 0.3) is 0 Å². The van der Waals surface area contributed by atoms with Crippen molar-refractivity contribution < 1.29 is 5.11 Å². The fourth-order valence-electron chi connectivity index (χ4n) is 2.60. The zero-order chi connectivity index (χ0) is 17.5. The summed E-state index contributed by atoms with van der Waals surface area (Å²) >= 11 is 0. The van der Waals surface area contributed by atoms with Crippen LogP contribution in [-0.4, -0.2) is 26.6 Å². The fourth-order valence-corrected chi connectivity index (χ4v) is 2.60. The molecule has 0 aliphatic heterocycles. The van der Waals surface area contributed by atoms with E-state index in [-0.39, 0.29) is 6.61 Å². The Hall–Kier alpha value is -3.17. The van der Waals surface area contributed by atoms with Crippen molar-refractivity contribution in [3.05, 3.63) is 77.9 Å². The molecule has 6 heteroatoms. The predicted molar refractivity (Wildman–Crippen MR) is 94.6 cm³/mol. The number of nitriles is 1. The third-order valence-electron chi connectivity index (χ3n) is 3.96. The molecule has 2 aromatic carbocycles. The first-order valence-electron chi connectivity index (χ1n) is 8.11. The van der Waals surface area contributed by atoms with Crippen molar-refractivity contribution in [1.82, 2.24) is 14.9 Å². The highest BCUT2D eigenvalue weighted by Gasteiger charge is 2.10. The first kappa shape index (κ1) is 16.7. The highest BCUT2D eigenvalue weighted by molar-refractivity contribution is 5.49. The molecule has 0 atom stereocenters. The van der Waals surface area contributed by atoms with Crippen molar-refractivity contribution in [2.24, 2.45) is 0 Å². The van der Waals surface area contributed by atoms with Gasteiger partial charge >= 0.3 is 0 Å². The van der Waals surface area contributed by atoms with Gasteiger partial charge in [-0.2, -0.15) is 5.26 Å². The predicted octanol–water partition coefficient (Wildman–Crippen LogP) is 2.54. The molecule has 3 aromatic rings. The molecule has 0 unspecified atom stereocenters. The second kappa shape index (κ2) is 8.08. The summed E-state index contributed by atoms with van der Waals surface area (Å²) in [6.45, 7) is 0.853. The lowest BCUT2D eigenvalue weighted by atomic mass is 10.1. The van der Waals surface area contributed by atoms with Crippen LogP contribution < -0.4 is 5.01 Å². The van der Waals surface area contributed by atoms with E-state index >= 15 is 0 Å². The molecule has 126 valence electrons. The van der Waals surface area contributed by atoms with Crippen molar-refractivity contribution in [3.63, 3.8) is 0 Å². The van der Waals surface area contributed by atoms with Gasteiger partial charge in [-0.05, 0) is 48.2 Å². The smallest absolute Gasteiger partial charge is 0.139 e. The van der Waals surface area contributed by atoms with Gasteiger partial charge in [0.05, 0.1) is 23.9 Å². The van der Waals surface area contributed by atoms with E-state index in [4.69, 9.17) is 10.4 Å². The maximum Gasteiger partial charge on any atom is 0.139 e. The number of hydrogen-bond donors (Lipinski definition) is 1. The minimum Gasteiger partial charge on any atom is -0.396 e. The maximum absolute atomic E-state index is 8.97. The lowest BCUT2D eigenvalue weighted by Crippen LogP contribution is -2.27. The van der Waals surface area contributed by atoms with Gasteiger partial charge in [0, 0.05) is 6.61 Å². The SMILES string of the molecule is N#Cc1ccc(N(Cc2ccc(CCCO)cc2)n2cnnc2)cc1. The maximum atomic E-state index is 8.97. The lowest BCUT2D eigenvalue weighted by molar-refractivity contribution is 0.288. The Kier molecular flexibility index (Phi) is 5.39. The van der Waals surface area contributed by atoms with Crippen molar-refractivity contribution in [1.29, 1.82) is 5.26 Å². The number of anilines is 1. The van der Waals surface area contributed by atoms with Gasteiger partial charge in [0.1, 0.15) is 12.7 Å². The summed E-state index contributed by atoms with van der Waals surface area (Å²) in [4.78, 5) is 0. The molecular weight excluding hydrogens is 314 g/mol. The molecule has 1 heterocycles. The normalized spacial score (nSPS) is 10.4. The summed E-state index contributed by atoms with van der Waals surface area (Å²) in [5.41, 5.74) is 3.93. The molecule has 0 bridgehead atoms. The van der Waals surface area contributed by atoms with Crippen molar-refractivity contribution in [2.45, 2.75) is 19.4 Å². The van der Waals surface area contributed by atoms with E-state index < -0.39 is 0 Å². The Labute approximate surface area is 146 Å². The number of nitrogens with zero attached hydrogens (tertiary/aromatic N) is 5. The summed E-state index contributed by atoms with van der Waals surface area (Å²) in [6.07, 6.45) is 4.95. The lowest BCUT2D eigenvalue weighted by Gasteiger charge is -2.25. The molecule has 0 spiro atoms. The van der Waals surface area contributed by atoms with Gasteiger partial charge in [0.2, 0.25) is 0 Å². The third kappa shape index (κ3) is 4.22. The number of aliphatic hydroxyl groups is 1. The van der Waals surface area contributed by atoms with Gasteiger partial charge < -0.3 is 5.11 Å². The zero-order valence-electron chi connectivity index (χ0n) is 13.8. The van der Waals surface area contributed by atoms with Crippen LogP contribution in [0.25, 0.3) is 0 Å². The molecule has 0 radical (unpaired) electrons. The number of aromatic nitrogens is 3. The molecular formula is C19H19N5O. The average molecular weight is 333 g/mol. The molecule has 0 saturated heterocycles. The van der Waals surface area contributed by atoms with Gasteiger partial charge in [-0.15, -0.1) is 10.2 Å². The van der Waals surface area contributed by atoms with Crippen LogP contribution in [0.3, 0.4) is 0 Å². The first-order valence-corrected chi connectivity index (χ1v) is 8.11. The fraction of sp³-hybridized carbons (Fsp3) is 0.211. The second-order valence-electron chi connectivity index (χ2n) is 5.70. The van der Waals surface area contributed by atoms with Gasteiger partial charge in [-0.3, -0.25) is 5.01 Å². The van der Waals surface area contributed by atoms with Crippen LogP contribution in [0, 0.1) is 11.3 Å². The van der Waals surface area contributed by atoms with Crippen LogP contribution in [0.4, 0.5) is 5.69 Å².